The monoisotopic (exact) mass is 344 g/mol. The first-order chi connectivity index (χ1) is 9.41. The normalized spacial score (nSPS) is 15.2. The summed E-state index contributed by atoms with van der Waals surface area (Å²) in [5.41, 5.74) is 6.03. The van der Waals surface area contributed by atoms with Crippen LogP contribution in [0.2, 0.25) is 0 Å². The van der Waals surface area contributed by atoms with Gasteiger partial charge in [-0.25, -0.2) is 4.98 Å². The number of nitrogen functional groups attached to an aromatic ring is 1. The fourth-order valence-electron chi connectivity index (χ4n) is 1.65. The number of aromatic nitrogens is 2. The van der Waals surface area contributed by atoms with E-state index in [4.69, 9.17) is 5.73 Å². The Labute approximate surface area is 120 Å². The van der Waals surface area contributed by atoms with Crippen molar-refractivity contribution < 1.29 is 18.3 Å². The van der Waals surface area contributed by atoms with Gasteiger partial charge in [-0.1, -0.05) is 0 Å². The van der Waals surface area contributed by atoms with E-state index in [0.29, 0.717) is 10.3 Å². The predicted molar refractivity (Wildman–Crippen MR) is 70.1 cm³/mol. The van der Waals surface area contributed by atoms with Crippen LogP contribution in [0, 0.1) is 0 Å². The molecule has 1 aromatic carbocycles. The van der Waals surface area contributed by atoms with Crippen LogP contribution in [-0.2, 0) is 0 Å². The molecule has 3 rings (SSSR count). The lowest BCUT2D eigenvalue weighted by molar-refractivity contribution is -0.286. The number of alkyl halides is 2. The minimum Gasteiger partial charge on any atom is -0.395 e. The molecule has 0 fully saturated rings. The Morgan fingerprint density at radius 3 is 2.65 bits per heavy atom. The van der Waals surface area contributed by atoms with Crippen LogP contribution in [0.3, 0.4) is 0 Å². The van der Waals surface area contributed by atoms with Crippen molar-refractivity contribution >= 4 is 33.4 Å². The molecule has 0 bridgehead atoms. The molecule has 2 heterocycles. The maximum atomic E-state index is 12.9. The van der Waals surface area contributed by atoms with Crippen molar-refractivity contribution in [2.24, 2.45) is 0 Å². The van der Waals surface area contributed by atoms with Gasteiger partial charge in [0.05, 0.1) is 0 Å². The van der Waals surface area contributed by atoms with E-state index in [1.807, 2.05) is 0 Å². The number of hydrogen-bond donors (Lipinski definition) is 2. The van der Waals surface area contributed by atoms with Crippen LogP contribution in [0.5, 0.6) is 11.5 Å². The summed E-state index contributed by atoms with van der Waals surface area (Å²) in [6.07, 6.45) is -3.64. The van der Waals surface area contributed by atoms with E-state index in [9.17, 15) is 8.78 Å². The molecular formula is C11H7BrF2N4O2. The maximum Gasteiger partial charge on any atom is 0.586 e. The van der Waals surface area contributed by atoms with Gasteiger partial charge in [-0.15, -0.1) is 8.78 Å². The number of fused-ring (bicyclic) bond motifs is 1. The Hall–Kier alpha value is -2.16. The molecule has 0 spiro atoms. The molecular weight excluding hydrogens is 338 g/mol. The summed E-state index contributed by atoms with van der Waals surface area (Å²) in [6.45, 7) is 0. The number of rotatable bonds is 2. The molecule has 0 radical (unpaired) electrons. The van der Waals surface area contributed by atoms with Crippen LogP contribution in [0.15, 0.2) is 28.9 Å². The van der Waals surface area contributed by atoms with Crippen LogP contribution in [0.1, 0.15) is 0 Å². The van der Waals surface area contributed by atoms with Crippen molar-refractivity contribution in [1.29, 1.82) is 0 Å². The summed E-state index contributed by atoms with van der Waals surface area (Å²) >= 11 is 3.18. The molecule has 0 atom stereocenters. The summed E-state index contributed by atoms with van der Waals surface area (Å²) < 4.78 is 34.9. The SMILES string of the molecule is Nc1cc(Br)nc(Nc2ccc3c(c2)OC(F)(F)O3)n1. The quantitative estimate of drug-likeness (QED) is 0.815. The number of hydrogen-bond acceptors (Lipinski definition) is 6. The number of nitrogens with zero attached hydrogens (tertiary/aromatic N) is 2. The molecule has 1 aliphatic rings. The lowest BCUT2D eigenvalue weighted by Crippen LogP contribution is -2.25. The Kier molecular flexibility index (Phi) is 2.85. The molecule has 0 aliphatic carbocycles. The van der Waals surface area contributed by atoms with Gasteiger partial charge in [0, 0.05) is 17.8 Å². The average Bonchev–Trinajstić information content (AvgIpc) is 2.60. The highest BCUT2D eigenvalue weighted by atomic mass is 79.9. The molecule has 104 valence electrons. The number of halogens is 3. The maximum absolute atomic E-state index is 12.9. The van der Waals surface area contributed by atoms with Gasteiger partial charge in [-0.2, -0.15) is 4.98 Å². The van der Waals surface area contributed by atoms with Gasteiger partial charge >= 0.3 is 6.29 Å². The zero-order chi connectivity index (χ0) is 14.3. The third kappa shape index (κ3) is 2.57. The Morgan fingerprint density at radius 2 is 1.90 bits per heavy atom. The number of anilines is 3. The highest BCUT2D eigenvalue weighted by Gasteiger charge is 2.43. The largest absolute Gasteiger partial charge is 0.586 e. The van der Waals surface area contributed by atoms with E-state index in [1.54, 1.807) is 0 Å². The second-order valence-electron chi connectivity index (χ2n) is 3.89. The van der Waals surface area contributed by atoms with Crippen molar-refractivity contribution in [2.75, 3.05) is 11.1 Å². The van der Waals surface area contributed by atoms with Gasteiger partial charge in [-0.05, 0) is 28.1 Å². The first-order valence-corrected chi connectivity index (χ1v) is 6.17. The summed E-state index contributed by atoms with van der Waals surface area (Å²) in [5, 5.41) is 2.83. The van der Waals surface area contributed by atoms with E-state index < -0.39 is 6.29 Å². The van der Waals surface area contributed by atoms with Crippen LogP contribution in [-0.4, -0.2) is 16.3 Å². The Bertz CT molecular complexity index is 663. The topological polar surface area (TPSA) is 82.3 Å². The molecule has 3 N–H and O–H groups in total. The second kappa shape index (κ2) is 4.44. The highest BCUT2D eigenvalue weighted by molar-refractivity contribution is 9.10. The first-order valence-electron chi connectivity index (χ1n) is 5.38. The summed E-state index contributed by atoms with van der Waals surface area (Å²) in [7, 11) is 0. The van der Waals surface area contributed by atoms with Crippen LogP contribution in [0.25, 0.3) is 0 Å². The van der Waals surface area contributed by atoms with Gasteiger partial charge in [0.15, 0.2) is 11.5 Å². The fourth-order valence-corrected chi connectivity index (χ4v) is 2.05. The smallest absolute Gasteiger partial charge is 0.395 e. The van der Waals surface area contributed by atoms with Gasteiger partial charge in [0.1, 0.15) is 10.4 Å². The average molecular weight is 345 g/mol. The predicted octanol–water partition coefficient (Wildman–Crippen LogP) is 2.89. The molecule has 0 amide bonds. The van der Waals surface area contributed by atoms with Crippen molar-refractivity contribution in [3.63, 3.8) is 0 Å². The molecule has 1 aliphatic heterocycles. The molecule has 1 aromatic heterocycles. The number of nitrogens with two attached hydrogens (primary N) is 1. The standard InChI is InChI=1S/C11H7BrF2N4O2/c12-8-4-9(15)18-10(17-8)16-5-1-2-6-7(3-5)20-11(13,14)19-6/h1-4H,(H3,15,16,17,18). The molecule has 2 aromatic rings. The second-order valence-corrected chi connectivity index (χ2v) is 4.71. The van der Waals surface area contributed by atoms with Crippen LogP contribution < -0.4 is 20.5 Å². The molecule has 0 saturated carbocycles. The van der Waals surface area contributed by atoms with Crippen LogP contribution >= 0.6 is 15.9 Å². The van der Waals surface area contributed by atoms with E-state index in [0.717, 1.165) is 0 Å². The van der Waals surface area contributed by atoms with Crippen molar-refractivity contribution in [3.05, 3.63) is 28.9 Å². The van der Waals surface area contributed by atoms with Crippen molar-refractivity contribution in [2.45, 2.75) is 6.29 Å². The van der Waals surface area contributed by atoms with Crippen molar-refractivity contribution in [3.8, 4) is 11.5 Å². The fraction of sp³-hybridized carbons (Fsp3) is 0.0909. The zero-order valence-corrected chi connectivity index (χ0v) is 11.3. The minimum atomic E-state index is -3.64. The summed E-state index contributed by atoms with van der Waals surface area (Å²) in [5.74, 6) is 0.391. The molecule has 0 unspecified atom stereocenters. The van der Waals surface area contributed by atoms with E-state index >= 15 is 0 Å². The number of nitrogens with one attached hydrogen (secondary N) is 1. The third-order valence-electron chi connectivity index (χ3n) is 2.37. The minimum absolute atomic E-state index is 0.0322. The van der Waals surface area contributed by atoms with Gasteiger partial charge in [0.2, 0.25) is 5.95 Å². The Morgan fingerprint density at radius 1 is 1.15 bits per heavy atom. The summed E-state index contributed by atoms with van der Waals surface area (Å²) in [6, 6.07) is 5.78. The third-order valence-corrected chi connectivity index (χ3v) is 2.78. The lowest BCUT2D eigenvalue weighted by Gasteiger charge is -2.06. The van der Waals surface area contributed by atoms with Gasteiger partial charge < -0.3 is 20.5 Å². The highest BCUT2D eigenvalue weighted by Crippen LogP contribution is 2.42. The van der Waals surface area contributed by atoms with Crippen molar-refractivity contribution in [1.82, 2.24) is 9.97 Å². The zero-order valence-electron chi connectivity index (χ0n) is 9.73. The Balaban J connectivity index is 1.86. The summed E-state index contributed by atoms with van der Waals surface area (Å²) in [4.78, 5) is 8.00. The number of benzene rings is 1. The lowest BCUT2D eigenvalue weighted by atomic mass is 10.3. The van der Waals surface area contributed by atoms with Crippen LogP contribution in [0.4, 0.5) is 26.2 Å². The van der Waals surface area contributed by atoms with Gasteiger partial charge in [-0.3, -0.25) is 0 Å². The van der Waals surface area contributed by atoms with E-state index in [1.165, 1.54) is 24.3 Å². The van der Waals surface area contributed by atoms with E-state index in [-0.39, 0.29) is 23.3 Å². The number of ether oxygens (including phenoxy) is 2. The van der Waals surface area contributed by atoms with E-state index in [2.05, 4.69) is 40.7 Å². The molecule has 9 heteroatoms. The first kappa shape index (κ1) is 12.9. The molecule has 6 nitrogen and oxygen atoms in total. The van der Waals surface area contributed by atoms with Gasteiger partial charge in [0.25, 0.3) is 0 Å². The molecule has 0 saturated heterocycles. The molecule has 20 heavy (non-hydrogen) atoms.